The highest BCUT2D eigenvalue weighted by Gasteiger charge is 2.23. The topological polar surface area (TPSA) is 50.4 Å². The van der Waals surface area contributed by atoms with Gasteiger partial charge >= 0.3 is 0 Å². The van der Waals surface area contributed by atoms with Gasteiger partial charge < -0.3 is 15.4 Å². The molecule has 3 rings (SSSR count). The minimum Gasteiger partial charge on any atom is -0.457 e. The molecule has 7 heteroatoms. The summed E-state index contributed by atoms with van der Waals surface area (Å²) in [5.41, 5.74) is 0.531. The van der Waals surface area contributed by atoms with Gasteiger partial charge in [0.2, 0.25) is 0 Å². The Morgan fingerprint density at radius 3 is 2.46 bits per heavy atom. The van der Waals surface area contributed by atoms with E-state index in [4.69, 9.17) is 4.74 Å². The van der Waals surface area contributed by atoms with E-state index in [-0.39, 0.29) is 30.1 Å². The van der Waals surface area contributed by atoms with Gasteiger partial charge in [0, 0.05) is 17.7 Å². The SMILES string of the molecule is CC1CNCCC1NC(=O)c1ccc(Oc2ccc(F)c(F)c2)cc1.Cl. The van der Waals surface area contributed by atoms with Crippen LogP contribution >= 0.6 is 12.4 Å². The van der Waals surface area contributed by atoms with Crippen LogP contribution in [0.1, 0.15) is 23.7 Å². The Labute approximate surface area is 157 Å². The van der Waals surface area contributed by atoms with Crippen molar-refractivity contribution in [2.75, 3.05) is 13.1 Å². The molecule has 4 nitrogen and oxygen atoms in total. The summed E-state index contributed by atoms with van der Waals surface area (Å²) in [4.78, 5) is 12.3. The highest BCUT2D eigenvalue weighted by molar-refractivity contribution is 5.94. The van der Waals surface area contributed by atoms with E-state index in [1.807, 2.05) is 0 Å². The zero-order valence-electron chi connectivity index (χ0n) is 14.3. The normalized spacial score (nSPS) is 19.3. The molecule has 0 saturated carbocycles. The lowest BCUT2D eigenvalue weighted by atomic mass is 9.95. The third kappa shape index (κ3) is 4.93. The van der Waals surface area contributed by atoms with Gasteiger partial charge in [0.1, 0.15) is 11.5 Å². The van der Waals surface area contributed by atoms with Gasteiger partial charge in [-0.3, -0.25) is 4.79 Å². The number of nitrogens with one attached hydrogen (secondary N) is 2. The second-order valence-electron chi connectivity index (χ2n) is 6.25. The number of rotatable bonds is 4. The maximum Gasteiger partial charge on any atom is 0.251 e. The van der Waals surface area contributed by atoms with E-state index in [0.717, 1.165) is 31.6 Å². The van der Waals surface area contributed by atoms with E-state index < -0.39 is 11.6 Å². The van der Waals surface area contributed by atoms with Gasteiger partial charge in [-0.25, -0.2) is 8.78 Å². The minimum atomic E-state index is -0.968. The minimum absolute atomic E-state index is 0. The molecule has 2 N–H and O–H groups in total. The number of piperidine rings is 1. The highest BCUT2D eigenvalue weighted by atomic mass is 35.5. The van der Waals surface area contributed by atoms with Gasteiger partial charge in [0.15, 0.2) is 11.6 Å². The molecule has 1 saturated heterocycles. The van der Waals surface area contributed by atoms with Crippen molar-refractivity contribution in [3.63, 3.8) is 0 Å². The summed E-state index contributed by atoms with van der Waals surface area (Å²) < 4.78 is 31.6. The van der Waals surface area contributed by atoms with Gasteiger partial charge in [-0.15, -0.1) is 12.4 Å². The lowest BCUT2D eigenvalue weighted by molar-refractivity contribution is 0.0914. The molecule has 1 amide bonds. The number of halogens is 3. The number of ether oxygens (including phenoxy) is 1. The predicted octanol–water partition coefficient (Wildman–Crippen LogP) is 3.91. The fourth-order valence-corrected chi connectivity index (χ4v) is 2.83. The van der Waals surface area contributed by atoms with Crippen molar-refractivity contribution in [2.24, 2.45) is 5.92 Å². The van der Waals surface area contributed by atoms with Gasteiger partial charge in [0.25, 0.3) is 5.91 Å². The molecule has 1 aliphatic rings. The maximum atomic E-state index is 13.2. The van der Waals surface area contributed by atoms with Crippen LogP contribution in [0.15, 0.2) is 42.5 Å². The van der Waals surface area contributed by atoms with Crippen molar-refractivity contribution in [1.82, 2.24) is 10.6 Å². The second kappa shape index (κ2) is 8.96. The summed E-state index contributed by atoms with van der Waals surface area (Å²) in [6.07, 6.45) is 0.907. The molecule has 0 aromatic heterocycles. The summed E-state index contributed by atoms with van der Waals surface area (Å²) in [5.74, 6) is -1.000. The largest absolute Gasteiger partial charge is 0.457 e. The molecule has 0 bridgehead atoms. The molecule has 1 fully saturated rings. The second-order valence-corrected chi connectivity index (χ2v) is 6.25. The third-order valence-corrected chi connectivity index (χ3v) is 4.35. The molecular weight excluding hydrogens is 362 g/mol. The molecule has 1 heterocycles. The fourth-order valence-electron chi connectivity index (χ4n) is 2.83. The average molecular weight is 383 g/mol. The summed E-state index contributed by atoms with van der Waals surface area (Å²) >= 11 is 0. The fraction of sp³-hybridized carbons (Fsp3) is 0.316. The summed E-state index contributed by atoms with van der Waals surface area (Å²) in [6, 6.07) is 10.0. The molecule has 2 unspecified atom stereocenters. The van der Waals surface area contributed by atoms with E-state index in [1.54, 1.807) is 24.3 Å². The number of carbonyl (C=O) groups excluding carboxylic acids is 1. The molecule has 140 valence electrons. The lowest BCUT2D eigenvalue weighted by Crippen LogP contribution is -2.48. The first kappa shape index (κ1) is 20.1. The zero-order valence-corrected chi connectivity index (χ0v) is 15.1. The van der Waals surface area contributed by atoms with E-state index >= 15 is 0 Å². The van der Waals surface area contributed by atoms with Crippen LogP contribution in [0.25, 0.3) is 0 Å². The first-order valence-electron chi connectivity index (χ1n) is 8.27. The van der Waals surface area contributed by atoms with Crippen molar-refractivity contribution in [2.45, 2.75) is 19.4 Å². The van der Waals surface area contributed by atoms with Crippen molar-refractivity contribution in [1.29, 1.82) is 0 Å². The number of benzene rings is 2. The van der Waals surface area contributed by atoms with Crippen LogP contribution < -0.4 is 15.4 Å². The summed E-state index contributed by atoms with van der Waals surface area (Å²) in [6.45, 7) is 3.90. The molecular formula is C19H21ClF2N2O2. The van der Waals surface area contributed by atoms with Crippen LogP contribution in [0.4, 0.5) is 8.78 Å². The van der Waals surface area contributed by atoms with Crippen LogP contribution in [0, 0.1) is 17.6 Å². The first-order valence-corrected chi connectivity index (χ1v) is 8.27. The Hall–Kier alpha value is -2.18. The molecule has 2 aromatic carbocycles. The summed E-state index contributed by atoms with van der Waals surface area (Å²) in [5, 5.41) is 6.35. The monoisotopic (exact) mass is 382 g/mol. The predicted molar refractivity (Wildman–Crippen MR) is 98.0 cm³/mol. The molecule has 0 radical (unpaired) electrons. The molecule has 2 aromatic rings. The Morgan fingerprint density at radius 2 is 1.81 bits per heavy atom. The van der Waals surface area contributed by atoms with Gasteiger partial charge in [-0.05, 0) is 61.8 Å². The van der Waals surface area contributed by atoms with Crippen molar-refractivity contribution >= 4 is 18.3 Å². The highest BCUT2D eigenvalue weighted by Crippen LogP contribution is 2.23. The Bertz CT molecular complexity index is 756. The lowest BCUT2D eigenvalue weighted by Gasteiger charge is -2.30. The average Bonchev–Trinajstić information content (AvgIpc) is 2.61. The Morgan fingerprint density at radius 1 is 1.12 bits per heavy atom. The number of hydrogen-bond donors (Lipinski definition) is 2. The molecule has 26 heavy (non-hydrogen) atoms. The van der Waals surface area contributed by atoms with Crippen molar-refractivity contribution in [3.8, 4) is 11.5 Å². The van der Waals surface area contributed by atoms with E-state index in [0.29, 0.717) is 17.2 Å². The van der Waals surface area contributed by atoms with Crippen LogP contribution in [0.2, 0.25) is 0 Å². The standard InChI is InChI=1S/C19H20F2N2O2.ClH/c1-12-11-22-9-8-18(12)23-19(24)13-2-4-14(5-3-13)25-15-6-7-16(20)17(21)10-15;/h2-7,10,12,18,22H,8-9,11H2,1H3,(H,23,24);1H. The maximum absolute atomic E-state index is 13.2. The van der Waals surface area contributed by atoms with Gasteiger partial charge in [-0.2, -0.15) is 0 Å². The Balaban J connectivity index is 0.00000243. The van der Waals surface area contributed by atoms with E-state index in [9.17, 15) is 13.6 Å². The van der Waals surface area contributed by atoms with Crippen LogP contribution in [-0.4, -0.2) is 25.0 Å². The smallest absolute Gasteiger partial charge is 0.251 e. The van der Waals surface area contributed by atoms with Crippen LogP contribution in [0.5, 0.6) is 11.5 Å². The van der Waals surface area contributed by atoms with Gasteiger partial charge in [0.05, 0.1) is 0 Å². The zero-order chi connectivity index (χ0) is 17.8. The molecule has 1 aliphatic heterocycles. The van der Waals surface area contributed by atoms with Gasteiger partial charge in [-0.1, -0.05) is 6.92 Å². The molecule has 0 spiro atoms. The Kier molecular flexibility index (Phi) is 6.94. The number of amides is 1. The number of carbonyl (C=O) groups is 1. The van der Waals surface area contributed by atoms with E-state index in [2.05, 4.69) is 17.6 Å². The van der Waals surface area contributed by atoms with Crippen LogP contribution in [0.3, 0.4) is 0 Å². The summed E-state index contributed by atoms with van der Waals surface area (Å²) in [7, 11) is 0. The van der Waals surface area contributed by atoms with E-state index in [1.165, 1.54) is 6.07 Å². The van der Waals surface area contributed by atoms with Crippen molar-refractivity contribution in [3.05, 3.63) is 59.7 Å². The van der Waals surface area contributed by atoms with Crippen molar-refractivity contribution < 1.29 is 18.3 Å². The first-order chi connectivity index (χ1) is 12.0. The number of hydrogen-bond acceptors (Lipinski definition) is 3. The molecule has 0 aliphatic carbocycles. The van der Waals surface area contributed by atoms with Crippen LogP contribution in [-0.2, 0) is 0 Å². The molecule has 2 atom stereocenters. The third-order valence-electron chi connectivity index (χ3n) is 4.35. The quantitative estimate of drug-likeness (QED) is 0.843.